The molecule has 1 aromatic heterocycles. The fraction of sp³-hybridized carbons (Fsp3) is 0.130. The minimum absolute atomic E-state index is 0.212. The van der Waals surface area contributed by atoms with Crippen molar-refractivity contribution in [1.82, 2.24) is 20.2 Å². The number of amides is 1. The van der Waals surface area contributed by atoms with Gasteiger partial charge < -0.3 is 10.1 Å². The van der Waals surface area contributed by atoms with Gasteiger partial charge in [-0.2, -0.15) is 4.68 Å². The average Bonchev–Trinajstić information content (AvgIpc) is 3.27. The Morgan fingerprint density at radius 3 is 2.56 bits per heavy atom. The standard InChI is InChI=1S/C23H20ClN5O2S/c1-15-8-13-20(31-2)19(14-15)25-22(30)21(16-6-4-3-5-7-16)32-23-26-27-28-29(23)18-11-9-17(24)10-12-18/h3-14,21H,1-2H3,(H,25,30). The third-order valence-corrected chi connectivity index (χ3v) is 6.13. The lowest BCUT2D eigenvalue weighted by Crippen LogP contribution is -2.20. The maximum Gasteiger partial charge on any atom is 0.242 e. The van der Waals surface area contributed by atoms with Gasteiger partial charge in [-0.25, -0.2) is 0 Å². The zero-order valence-electron chi connectivity index (χ0n) is 17.4. The summed E-state index contributed by atoms with van der Waals surface area (Å²) in [5.74, 6) is 0.377. The first-order chi connectivity index (χ1) is 15.5. The Bertz CT molecular complexity index is 1210. The molecule has 0 spiro atoms. The molecule has 1 atom stereocenters. The molecule has 0 saturated carbocycles. The Balaban J connectivity index is 1.66. The Kier molecular flexibility index (Phi) is 6.72. The molecule has 1 N–H and O–H groups in total. The second-order valence-corrected chi connectivity index (χ2v) is 8.46. The number of aryl methyl sites for hydroxylation is 1. The second kappa shape index (κ2) is 9.84. The highest BCUT2D eigenvalue weighted by molar-refractivity contribution is 8.00. The Morgan fingerprint density at radius 2 is 1.84 bits per heavy atom. The van der Waals surface area contributed by atoms with E-state index in [2.05, 4.69) is 20.8 Å². The number of nitrogens with zero attached hydrogens (tertiary/aromatic N) is 4. The number of halogens is 1. The number of ether oxygens (including phenoxy) is 1. The third kappa shape index (κ3) is 4.92. The number of hydrogen-bond donors (Lipinski definition) is 1. The van der Waals surface area contributed by atoms with E-state index >= 15 is 0 Å². The van der Waals surface area contributed by atoms with Crippen LogP contribution in [-0.4, -0.2) is 33.2 Å². The van der Waals surface area contributed by atoms with E-state index in [4.69, 9.17) is 16.3 Å². The predicted octanol–water partition coefficient (Wildman–Crippen LogP) is 5.10. The number of aromatic nitrogens is 4. The van der Waals surface area contributed by atoms with E-state index in [1.54, 1.807) is 23.9 Å². The van der Waals surface area contributed by atoms with Crippen LogP contribution >= 0.6 is 23.4 Å². The van der Waals surface area contributed by atoms with E-state index in [0.717, 1.165) is 16.8 Å². The summed E-state index contributed by atoms with van der Waals surface area (Å²) in [5.41, 5.74) is 3.19. The summed E-state index contributed by atoms with van der Waals surface area (Å²) in [6.07, 6.45) is 0. The smallest absolute Gasteiger partial charge is 0.242 e. The first-order valence-electron chi connectivity index (χ1n) is 9.76. The van der Waals surface area contributed by atoms with Crippen molar-refractivity contribution in [3.63, 3.8) is 0 Å². The highest BCUT2D eigenvalue weighted by Gasteiger charge is 2.26. The quantitative estimate of drug-likeness (QED) is 0.382. The molecule has 4 rings (SSSR count). The molecule has 0 bridgehead atoms. The molecule has 7 nitrogen and oxygen atoms in total. The Hall–Kier alpha value is -3.36. The van der Waals surface area contributed by atoms with Crippen LogP contribution in [0.25, 0.3) is 5.69 Å². The first-order valence-corrected chi connectivity index (χ1v) is 11.0. The predicted molar refractivity (Wildman–Crippen MR) is 126 cm³/mol. The average molecular weight is 466 g/mol. The van der Waals surface area contributed by atoms with Crippen molar-refractivity contribution in [2.45, 2.75) is 17.3 Å². The second-order valence-electron chi connectivity index (χ2n) is 6.95. The minimum Gasteiger partial charge on any atom is -0.495 e. The number of carbonyl (C=O) groups is 1. The van der Waals surface area contributed by atoms with Gasteiger partial charge in [-0.15, -0.1) is 5.10 Å². The molecule has 9 heteroatoms. The van der Waals surface area contributed by atoms with E-state index in [1.807, 2.05) is 67.6 Å². The number of benzene rings is 3. The van der Waals surface area contributed by atoms with E-state index in [0.29, 0.717) is 21.6 Å². The van der Waals surface area contributed by atoms with Gasteiger partial charge in [0.15, 0.2) is 0 Å². The Morgan fingerprint density at radius 1 is 1.09 bits per heavy atom. The van der Waals surface area contributed by atoms with Gasteiger partial charge in [0, 0.05) is 5.02 Å². The van der Waals surface area contributed by atoms with Crippen molar-refractivity contribution >= 4 is 35.0 Å². The molecule has 32 heavy (non-hydrogen) atoms. The van der Waals surface area contributed by atoms with Crippen molar-refractivity contribution < 1.29 is 9.53 Å². The lowest BCUT2D eigenvalue weighted by atomic mass is 10.1. The molecule has 0 aliphatic carbocycles. The molecule has 1 amide bonds. The third-order valence-electron chi connectivity index (χ3n) is 4.69. The van der Waals surface area contributed by atoms with Crippen LogP contribution in [-0.2, 0) is 4.79 Å². The van der Waals surface area contributed by atoms with Gasteiger partial charge in [0.05, 0.1) is 18.5 Å². The van der Waals surface area contributed by atoms with Crippen LogP contribution in [0.5, 0.6) is 5.75 Å². The van der Waals surface area contributed by atoms with Gasteiger partial charge in [0.25, 0.3) is 0 Å². The molecule has 0 saturated heterocycles. The number of carbonyl (C=O) groups excluding carboxylic acids is 1. The summed E-state index contributed by atoms with van der Waals surface area (Å²) in [4.78, 5) is 13.4. The van der Waals surface area contributed by atoms with Crippen LogP contribution < -0.4 is 10.1 Å². The lowest BCUT2D eigenvalue weighted by molar-refractivity contribution is -0.115. The fourth-order valence-electron chi connectivity index (χ4n) is 3.12. The maximum absolute atomic E-state index is 13.4. The van der Waals surface area contributed by atoms with E-state index < -0.39 is 5.25 Å². The van der Waals surface area contributed by atoms with Crippen molar-refractivity contribution in [3.8, 4) is 11.4 Å². The summed E-state index contributed by atoms with van der Waals surface area (Å²) in [6, 6.07) is 22.3. The van der Waals surface area contributed by atoms with Crippen molar-refractivity contribution in [2.75, 3.05) is 12.4 Å². The molecule has 3 aromatic carbocycles. The number of thioether (sulfide) groups is 1. The molecule has 4 aromatic rings. The van der Waals surface area contributed by atoms with E-state index in [9.17, 15) is 4.79 Å². The first kappa shape index (κ1) is 21.9. The van der Waals surface area contributed by atoms with Crippen molar-refractivity contribution in [3.05, 3.63) is 88.9 Å². The van der Waals surface area contributed by atoms with Gasteiger partial charge >= 0.3 is 0 Å². The highest BCUT2D eigenvalue weighted by atomic mass is 35.5. The topological polar surface area (TPSA) is 81.9 Å². The summed E-state index contributed by atoms with van der Waals surface area (Å²) in [6.45, 7) is 1.96. The van der Waals surface area contributed by atoms with Crippen LogP contribution in [0.3, 0.4) is 0 Å². The molecule has 1 heterocycles. The van der Waals surface area contributed by atoms with Crippen molar-refractivity contribution in [1.29, 1.82) is 0 Å². The van der Waals surface area contributed by atoms with Gasteiger partial charge in [-0.1, -0.05) is 59.8 Å². The number of anilines is 1. The van der Waals surface area contributed by atoms with Crippen LogP contribution in [0.15, 0.2) is 78.0 Å². The minimum atomic E-state index is -0.599. The van der Waals surface area contributed by atoms with E-state index in [-0.39, 0.29) is 5.91 Å². The number of methoxy groups -OCH3 is 1. The van der Waals surface area contributed by atoms with Crippen LogP contribution in [0.1, 0.15) is 16.4 Å². The molecule has 162 valence electrons. The van der Waals surface area contributed by atoms with Crippen molar-refractivity contribution in [2.24, 2.45) is 0 Å². The monoisotopic (exact) mass is 465 g/mol. The molecule has 0 aliphatic heterocycles. The molecule has 1 unspecified atom stereocenters. The maximum atomic E-state index is 13.4. The van der Waals surface area contributed by atoms with Gasteiger partial charge in [0.1, 0.15) is 11.0 Å². The molecular formula is C23H20ClN5O2S. The van der Waals surface area contributed by atoms with Gasteiger partial charge in [0.2, 0.25) is 11.1 Å². The fourth-order valence-corrected chi connectivity index (χ4v) is 4.24. The molecule has 0 aliphatic rings. The van der Waals surface area contributed by atoms with Crippen LogP contribution in [0.2, 0.25) is 5.02 Å². The molecule has 0 fully saturated rings. The summed E-state index contributed by atoms with van der Waals surface area (Å²) < 4.78 is 6.99. The SMILES string of the molecule is COc1ccc(C)cc1NC(=O)C(Sc1nnnn1-c1ccc(Cl)cc1)c1ccccc1. The van der Waals surface area contributed by atoms with Crippen LogP contribution in [0, 0.1) is 6.92 Å². The zero-order chi connectivity index (χ0) is 22.5. The summed E-state index contributed by atoms with van der Waals surface area (Å²) >= 11 is 7.26. The molecular weight excluding hydrogens is 446 g/mol. The normalized spacial score (nSPS) is 11.7. The number of tetrazole rings is 1. The largest absolute Gasteiger partial charge is 0.495 e. The zero-order valence-corrected chi connectivity index (χ0v) is 19.0. The number of hydrogen-bond acceptors (Lipinski definition) is 6. The summed E-state index contributed by atoms with van der Waals surface area (Å²) in [7, 11) is 1.57. The van der Waals surface area contributed by atoms with Gasteiger partial charge in [-0.3, -0.25) is 4.79 Å². The Labute approximate surface area is 194 Å². The lowest BCUT2D eigenvalue weighted by Gasteiger charge is -2.18. The van der Waals surface area contributed by atoms with Crippen LogP contribution in [0.4, 0.5) is 5.69 Å². The number of nitrogens with one attached hydrogen (secondary N) is 1. The van der Waals surface area contributed by atoms with Gasteiger partial charge in [-0.05, 0) is 64.9 Å². The number of rotatable bonds is 7. The highest BCUT2D eigenvalue weighted by Crippen LogP contribution is 2.37. The summed E-state index contributed by atoms with van der Waals surface area (Å²) in [5, 5.41) is 15.5. The van der Waals surface area contributed by atoms with E-state index in [1.165, 1.54) is 11.8 Å². The molecule has 0 radical (unpaired) electrons.